The van der Waals surface area contributed by atoms with Crippen molar-refractivity contribution >= 4 is 10.9 Å². The van der Waals surface area contributed by atoms with E-state index >= 15 is 0 Å². The number of H-pyrrole nitrogens is 1. The summed E-state index contributed by atoms with van der Waals surface area (Å²) in [6.07, 6.45) is 9.54. The van der Waals surface area contributed by atoms with E-state index in [-0.39, 0.29) is 0 Å². The van der Waals surface area contributed by atoms with Gasteiger partial charge in [-0.15, -0.1) is 0 Å². The first kappa shape index (κ1) is 18.8. The number of nitrogens with one attached hydrogen (secondary N) is 1. The van der Waals surface area contributed by atoms with E-state index in [1.807, 2.05) is 18.2 Å². The lowest BCUT2D eigenvalue weighted by atomic mass is 9.91. The van der Waals surface area contributed by atoms with Gasteiger partial charge in [-0.2, -0.15) is 5.26 Å². The zero-order chi connectivity index (χ0) is 19.2. The zero-order valence-electron chi connectivity index (χ0n) is 16.5. The number of hydrogen-bond donors (Lipinski definition) is 1. The van der Waals surface area contributed by atoms with Crippen molar-refractivity contribution < 1.29 is 0 Å². The van der Waals surface area contributed by atoms with Crippen LogP contribution in [0.25, 0.3) is 10.9 Å². The molecule has 0 bridgehead atoms. The summed E-state index contributed by atoms with van der Waals surface area (Å²) in [5, 5.41) is 10.3. The third-order valence-electron chi connectivity index (χ3n) is 6.04. The molecule has 3 nitrogen and oxygen atoms in total. The minimum Gasteiger partial charge on any atom is -0.361 e. The summed E-state index contributed by atoms with van der Waals surface area (Å²) >= 11 is 0. The quantitative estimate of drug-likeness (QED) is 0.571. The molecule has 1 aliphatic rings. The van der Waals surface area contributed by atoms with Crippen molar-refractivity contribution in [2.75, 3.05) is 19.6 Å². The van der Waals surface area contributed by atoms with E-state index in [9.17, 15) is 0 Å². The van der Waals surface area contributed by atoms with Crippen LogP contribution in [0.15, 0.2) is 54.7 Å². The first-order valence-corrected chi connectivity index (χ1v) is 10.6. The number of rotatable bonds is 7. The molecule has 28 heavy (non-hydrogen) atoms. The van der Waals surface area contributed by atoms with E-state index in [2.05, 4.69) is 52.5 Å². The SMILES string of the molecule is N#Cc1ccc2[nH]cc(CCCCN3CCC[C@H](Cc4ccccc4)C3)c2c1. The Morgan fingerprint density at radius 1 is 1.11 bits per heavy atom. The summed E-state index contributed by atoms with van der Waals surface area (Å²) in [5.74, 6) is 0.800. The van der Waals surface area contributed by atoms with Crippen LogP contribution in [0.5, 0.6) is 0 Å². The van der Waals surface area contributed by atoms with Gasteiger partial charge in [0.05, 0.1) is 11.6 Å². The average molecular weight is 372 g/mol. The van der Waals surface area contributed by atoms with Crippen LogP contribution in [0.1, 0.15) is 42.4 Å². The number of fused-ring (bicyclic) bond motifs is 1. The van der Waals surface area contributed by atoms with Gasteiger partial charge in [-0.3, -0.25) is 0 Å². The standard InChI is InChI=1S/C25H29N3/c26-17-21-11-12-25-24(16-21)23(18-27-25)10-4-5-13-28-14-6-9-22(19-28)15-20-7-2-1-3-8-20/h1-3,7-8,11-12,16,18,22,27H,4-6,9-10,13-15,19H2/t22-/m1/s1. The van der Waals surface area contributed by atoms with Gasteiger partial charge in [0.2, 0.25) is 0 Å². The van der Waals surface area contributed by atoms with Gasteiger partial charge in [-0.25, -0.2) is 0 Å². The molecule has 1 N–H and O–H groups in total. The number of piperidine rings is 1. The highest BCUT2D eigenvalue weighted by Gasteiger charge is 2.19. The molecule has 2 heterocycles. The zero-order valence-corrected chi connectivity index (χ0v) is 16.5. The van der Waals surface area contributed by atoms with Crippen molar-refractivity contribution in [2.45, 2.75) is 38.5 Å². The predicted molar refractivity (Wildman–Crippen MR) is 115 cm³/mol. The van der Waals surface area contributed by atoms with E-state index in [4.69, 9.17) is 5.26 Å². The fourth-order valence-electron chi connectivity index (χ4n) is 4.57. The number of likely N-dealkylation sites (tertiary alicyclic amines) is 1. The van der Waals surface area contributed by atoms with Crippen molar-refractivity contribution in [2.24, 2.45) is 5.92 Å². The summed E-state index contributed by atoms with van der Waals surface area (Å²) in [4.78, 5) is 6.01. The van der Waals surface area contributed by atoms with Gasteiger partial charge >= 0.3 is 0 Å². The maximum absolute atomic E-state index is 9.13. The Labute approximate surface area is 168 Å². The molecule has 3 aromatic rings. The molecule has 1 saturated heterocycles. The molecule has 0 saturated carbocycles. The van der Waals surface area contributed by atoms with E-state index in [0.717, 1.165) is 23.4 Å². The second-order valence-electron chi connectivity index (χ2n) is 8.14. The van der Waals surface area contributed by atoms with Crippen molar-refractivity contribution in [3.8, 4) is 6.07 Å². The number of nitriles is 1. The number of hydrogen-bond acceptors (Lipinski definition) is 2. The van der Waals surface area contributed by atoms with Crippen LogP contribution in [0.4, 0.5) is 0 Å². The molecule has 0 amide bonds. The number of aryl methyl sites for hydroxylation is 1. The maximum atomic E-state index is 9.13. The van der Waals surface area contributed by atoms with Crippen molar-refractivity contribution in [1.29, 1.82) is 5.26 Å². The number of aromatic amines is 1. The highest BCUT2D eigenvalue weighted by Crippen LogP contribution is 2.23. The number of aromatic nitrogens is 1. The second-order valence-corrected chi connectivity index (χ2v) is 8.14. The second kappa shape index (κ2) is 9.08. The lowest BCUT2D eigenvalue weighted by Gasteiger charge is -2.32. The molecule has 0 spiro atoms. The highest BCUT2D eigenvalue weighted by molar-refractivity contribution is 5.84. The third-order valence-corrected chi connectivity index (χ3v) is 6.04. The van der Waals surface area contributed by atoms with Gasteiger partial charge in [-0.05, 0) is 86.9 Å². The fraction of sp³-hybridized carbons (Fsp3) is 0.400. The van der Waals surface area contributed by atoms with Gasteiger partial charge in [0.25, 0.3) is 0 Å². The molecule has 3 heteroatoms. The van der Waals surface area contributed by atoms with Crippen LogP contribution in [0, 0.1) is 17.2 Å². The van der Waals surface area contributed by atoms with Crippen molar-refractivity contribution in [3.63, 3.8) is 0 Å². The third kappa shape index (κ3) is 4.64. The van der Waals surface area contributed by atoms with E-state index in [1.54, 1.807) is 0 Å². The summed E-state index contributed by atoms with van der Waals surface area (Å²) < 4.78 is 0. The minimum atomic E-state index is 0.742. The van der Waals surface area contributed by atoms with Crippen LogP contribution in [0.2, 0.25) is 0 Å². The Balaban J connectivity index is 1.24. The summed E-state index contributed by atoms with van der Waals surface area (Å²) in [6.45, 7) is 3.70. The number of unbranched alkanes of at least 4 members (excludes halogenated alkanes) is 1. The molecule has 4 rings (SSSR count). The van der Waals surface area contributed by atoms with Crippen LogP contribution < -0.4 is 0 Å². The van der Waals surface area contributed by atoms with Crippen LogP contribution >= 0.6 is 0 Å². The lowest BCUT2D eigenvalue weighted by Crippen LogP contribution is -2.36. The first-order chi connectivity index (χ1) is 13.8. The Hall–Kier alpha value is -2.57. The summed E-state index contributed by atoms with van der Waals surface area (Å²) in [5.41, 5.74) is 4.69. The molecule has 0 aliphatic carbocycles. The van der Waals surface area contributed by atoms with E-state index < -0.39 is 0 Å². The molecule has 1 aliphatic heterocycles. The van der Waals surface area contributed by atoms with Crippen LogP contribution in [-0.4, -0.2) is 29.5 Å². The molecule has 0 unspecified atom stereocenters. The van der Waals surface area contributed by atoms with Crippen LogP contribution in [0.3, 0.4) is 0 Å². The minimum absolute atomic E-state index is 0.742. The van der Waals surface area contributed by atoms with E-state index in [1.165, 1.54) is 68.3 Å². The Morgan fingerprint density at radius 2 is 2.00 bits per heavy atom. The van der Waals surface area contributed by atoms with Crippen molar-refractivity contribution in [3.05, 3.63) is 71.4 Å². The Kier molecular flexibility index (Phi) is 6.09. The number of benzene rings is 2. The van der Waals surface area contributed by atoms with Gasteiger partial charge < -0.3 is 9.88 Å². The molecule has 1 fully saturated rings. The smallest absolute Gasteiger partial charge is 0.0991 e. The van der Waals surface area contributed by atoms with Gasteiger partial charge in [-0.1, -0.05) is 30.3 Å². The Bertz CT molecular complexity index is 935. The molecular weight excluding hydrogens is 342 g/mol. The first-order valence-electron chi connectivity index (χ1n) is 10.6. The Morgan fingerprint density at radius 3 is 2.86 bits per heavy atom. The molecule has 144 valence electrons. The lowest BCUT2D eigenvalue weighted by molar-refractivity contribution is 0.171. The molecule has 1 aromatic heterocycles. The molecule has 0 radical (unpaired) electrons. The summed E-state index contributed by atoms with van der Waals surface area (Å²) in [6, 6.07) is 19.1. The average Bonchev–Trinajstić information content (AvgIpc) is 3.14. The monoisotopic (exact) mass is 371 g/mol. The van der Waals surface area contributed by atoms with Gasteiger partial charge in [0.1, 0.15) is 0 Å². The fourth-order valence-corrected chi connectivity index (χ4v) is 4.57. The number of nitrogens with zero attached hydrogens (tertiary/aromatic N) is 2. The topological polar surface area (TPSA) is 42.8 Å². The van der Waals surface area contributed by atoms with E-state index in [0.29, 0.717) is 0 Å². The highest BCUT2D eigenvalue weighted by atomic mass is 15.1. The maximum Gasteiger partial charge on any atom is 0.0991 e. The van der Waals surface area contributed by atoms with Gasteiger partial charge in [0, 0.05) is 23.6 Å². The summed E-state index contributed by atoms with van der Waals surface area (Å²) in [7, 11) is 0. The molecule has 2 aromatic carbocycles. The molecule has 1 atom stereocenters. The van der Waals surface area contributed by atoms with Crippen LogP contribution in [-0.2, 0) is 12.8 Å². The normalized spacial score (nSPS) is 17.6. The predicted octanol–water partition coefficient (Wildman–Crippen LogP) is 5.32. The largest absolute Gasteiger partial charge is 0.361 e. The molecular formula is C25H29N3. The van der Waals surface area contributed by atoms with Crippen molar-refractivity contribution in [1.82, 2.24) is 9.88 Å². The van der Waals surface area contributed by atoms with Gasteiger partial charge in [0.15, 0.2) is 0 Å².